The summed E-state index contributed by atoms with van der Waals surface area (Å²) in [5, 5.41) is 14.4. The first kappa shape index (κ1) is 20.5. The van der Waals surface area contributed by atoms with Crippen molar-refractivity contribution in [3.63, 3.8) is 0 Å². The van der Waals surface area contributed by atoms with E-state index < -0.39 is 30.8 Å². The molecule has 0 fully saturated rings. The summed E-state index contributed by atoms with van der Waals surface area (Å²) in [6, 6.07) is 4.61. The van der Waals surface area contributed by atoms with Gasteiger partial charge in [0.1, 0.15) is 5.75 Å². The molecule has 1 N–H and O–H groups in total. The molecule has 1 aromatic carbocycles. The Hall–Kier alpha value is -1.80. The molecule has 0 saturated carbocycles. The van der Waals surface area contributed by atoms with E-state index in [0.717, 1.165) is 0 Å². The number of rotatable bonds is 5. The summed E-state index contributed by atoms with van der Waals surface area (Å²) < 4.78 is 45.3. The first-order valence-electron chi connectivity index (χ1n) is 8.01. The van der Waals surface area contributed by atoms with Crippen LogP contribution < -0.4 is 4.74 Å². The smallest absolute Gasteiger partial charge is 0.438 e. The number of benzene rings is 1. The van der Waals surface area contributed by atoms with Crippen LogP contribution in [0, 0.1) is 12.8 Å². The van der Waals surface area contributed by atoms with Crippen LogP contribution in [-0.2, 0) is 4.79 Å². The molecule has 5 nitrogen and oxygen atoms in total. The zero-order valence-electron chi connectivity index (χ0n) is 14.6. The van der Waals surface area contributed by atoms with Crippen LogP contribution in [0.25, 0.3) is 0 Å². The number of ether oxygens (including phenoxy) is 1. The van der Waals surface area contributed by atoms with E-state index in [9.17, 15) is 23.1 Å². The summed E-state index contributed by atoms with van der Waals surface area (Å²) in [4.78, 5) is 12.3. The van der Waals surface area contributed by atoms with E-state index in [0.29, 0.717) is 10.6 Å². The summed E-state index contributed by atoms with van der Waals surface area (Å²) in [5.41, 5.74) is -2.54. The summed E-state index contributed by atoms with van der Waals surface area (Å²) >= 11 is 5.89. The summed E-state index contributed by atoms with van der Waals surface area (Å²) in [6.45, 7) is 4.65. The van der Waals surface area contributed by atoms with Gasteiger partial charge in [-0.1, -0.05) is 25.4 Å². The molecule has 0 aliphatic carbocycles. The van der Waals surface area contributed by atoms with Gasteiger partial charge in [0.05, 0.1) is 0 Å². The molecule has 1 aliphatic rings. The van der Waals surface area contributed by atoms with E-state index in [2.05, 4.69) is 5.10 Å². The van der Waals surface area contributed by atoms with E-state index in [1.165, 1.54) is 6.07 Å². The maximum Gasteiger partial charge on any atom is 0.438 e. The molecular formula is C17H20ClF3N2O3. The number of hydrogen-bond acceptors (Lipinski definition) is 4. The second kappa shape index (κ2) is 7.44. The lowest BCUT2D eigenvalue weighted by Crippen LogP contribution is -2.57. The fraction of sp³-hybridized carbons (Fsp3) is 0.529. The Morgan fingerprint density at radius 1 is 1.46 bits per heavy atom. The van der Waals surface area contributed by atoms with Crippen molar-refractivity contribution in [3.8, 4) is 5.75 Å². The molecule has 1 aromatic rings. The number of nitrogens with zero attached hydrogens (tertiary/aromatic N) is 2. The molecule has 144 valence electrons. The minimum atomic E-state index is -5.04. The highest BCUT2D eigenvalue weighted by atomic mass is 35.5. The first-order chi connectivity index (χ1) is 11.9. The van der Waals surface area contributed by atoms with Crippen molar-refractivity contribution < 1.29 is 27.8 Å². The maximum absolute atomic E-state index is 13.4. The largest absolute Gasteiger partial charge is 0.484 e. The van der Waals surface area contributed by atoms with Crippen molar-refractivity contribution in [1.82, 2.24) is 5.01 Å². The zero-order valence-corrected chi connectivity index (χ0v) is 15.4. The lowest BCUT2D eigenvalue weighted by Gasteiger charge is -2.32. The third-order valence-electron chi connectivity index (χ3n) is 3.87. The van der Waals surface area contributed by atoms with Crippen molar-refractivity contribution >= 4 is 23.2 Å². The van der Waals surface area contributed by atoms with Gasteiger partial charge in [0, 0.05) is 17.2 Å². The maximum atomic E-state index is 13.4. The fourth-order valence-corrected chi connectivity index (χ4v) is 2.72. The standard InChI is InChI=1S/C17H20ClF3N2O3/c1-10(2)6-12-8-16(25,17(19,20)21)23(22-12)15(24)9-26-13-4-5-14(18)11(3)7-13/h4-5,7,10,25H,6,8-9H2,1-3H3. The van der Waals surface area contributed by atoms with E-state index >= 15 is 0 Å². The molecule has 9 heteroatoms. The minimum absolute atomic E-state index is 0.0366. The Balaban J connectivity index is 2.17. The van der Waals surface area contributed by atoms with E-state index in [1.54, 1.807) is 19.1 Å². The van der Waals surface area contributed by atoms with Crippen molar-refractivity contribution in [3.05, 3.63) is 28.8 Å². The summed E-state index contributed by atoms with van der Waals surface area (Å²) in [6.07, 6.45) is -5.55. The summed E-state index contributed by atoms with van der Waals surface area (Å²) in [5.74, 6) is -0.771. The average molecular weight is 393 g/mol. The predicted molar refractivity (Wildman–Crippen MR) is 91.0 cm³/mol. The predicted octanol–water partition coefficient (Wildman–Crippen LogP) is 3.91. The molecule has 2 rings (SSSR count). The SMILES string of the molecule is Cc1cc(OCC(=O)N2N=C(CC(C)C)CC2(O)C(F)(F)F)ccc1Cl. The lowest BCUT2D eigenvalue weighted by molar-refractivity contribution is -0.302. The van der Waals surface area contributed by atoms with Crippen molar-refractivity contribution in [2.75, 3.05) is 6.61 Å². The highest BCUT2D eigenvalue weighted by Gasteiger charge is 2.63. The van der Waals surface area contributed by atoms with Gasteiger partial charge in [-0.3, -0.25) is 4.79 Å². The zero-order chi connectivity index (χ0) is 19.7. The topological polar surface area (TPSA) is 62.1 Å². The van der Waals surface area contributed by atoms with Gasteiger partial charge in [0.2, 0.25) is 0 Å². The Kier molecular flexibility index (Phi) is 5.87. The van der Waals surface area contributed by atoms with Crippen LogP contribution in [0.5, 0.6) is 5.75 Å². The Bertz CT molecular complexity index is 722. The molecule has 1 amide bonds. The van der Waals surface area contributed by atoms with Gasteiger partial charge in [-0.25, -0.2) is 0 Å². The van der Waals surface area contributed by atoms with Crippen LogP contribution >= 0.6 is 11.6 Å². The number of halogens is 4. The molecule has 0 aromatic heterocycles. The van der Waals surface area contributed by atoms with Gasteiger partial charge in [-0.2, -0.15) is 23.3 Å². The Labute approximate surface area is 154 Å². The monoisotopic (exact) mass is 392 g/mol. The van der Waals surface area contributed by atoms with Gasteiger partial charge in [0.15, 0.2) is 6.61 Å². The van der Waals surface area contributed by atoms with E-state index in [4.69, 9.17) is 16.3 Å². The van der Waals surface area contributed by atoms with Crippen LogP contribution in [0.3, 0.4) is 0 Å². The average Bonchev–Trinajstić information content (AvgIpc) is 2.85. The highest BCUT2D eigenvalue weighted by molar-refractivity contribution is 6.31. The van der Waals surface area contributed by atoms with E-state index in [1.807, 2.05) is 13.8 Å². The molecule has 0 spiro atoms. The van der Waals surface area contributed by atoms with Crippen LogP contribution in [0.2, 0.25) is 5.02 Å². The van der Waals surface area contributed by atoms with Crippen LogP contribution in [0.4, 0.5) is 13.2 Å². The third kappa shape index (κ3) is 4.29. The number of aliphatic hydroxyl groups is 1. The van der Waals surface area contributed by atoms with Crippen LogP contribution in [0.15, 0.2) is 23.3 Å². The van der Waals surface area contributed by atoms with Gasteiger partial charge < -0.3 is 9.84 Å². The number of hydrogen-bond donors (Lipinski definition) is 1. The first-order valence-corrected chi connectivity index (χ1v) is 8.39. The third-order valence-corrected chi connectivity index (χ3v) is 4.29. The van der Waals surface area contributed by atoms with Crippen LogP contribution in [0.1, 0.15) is 32.3 Å². The Morgan fingerprint density at radius 3 is 2.65 bits per heavy atom. The molecule has 0 saturated heterocycles. The van der Waals surface area contributed by atoms with Crippen LogP contribution in [-0.4, -0.2) is 40.2 Å². The molecule has 26 heavy (non-hydrogen) atoms. The lowest BCUT2D eigenvalue weighted by atomic mass is 9.99. The molecular weight excluding hydrogens is 373 g/mol. The van der Waals surface area contributed by atoms with Gasteiger partial charge in [-0.05, 0) is 43.0 Å². The van der Waals surface area contributed by atoms with Crippen molar-refractivity contribution in [1.29, 1.82) is 0 Å². The number of carbonyl (C=O) groups excluding carboxylic acids is 1. The number of carbonyl (C=O) groups is 1. The quantitative estimate of drug-likeness (QED) is 0.826. The molecule has 0 bridgehead atoms. The fourth-order valence-electron chi connectivity index (χ4n) is 2.60. The second-order valence-electron chi connectivity index (χ2n) is 6.66. The van der Waals surface area contributed by atoms with E-state index in [-0.39, 0.29) is 28.8 Å². The number of hydrazone groups is 1. The second-order valence-corrected chi connectivity index (χ2v) is 7.07. The van der Waals surface area contributed by atoms with Crippen molar-refractivity contribution in [2.24, 2.45) is 11.0 Å². The number of amides is 1. The van der Waals surface area contributed by atoms with Gasteiger partial charge in [-0.15, -0.1) is 0 Å². The molecule has 1 atom stereocenters. The Morgan fingerprint density at radius 2 is 2.12 bits per heavy atom. The molecule has 0 radical (unpaired) electrons. The van der Waals surface area contributed by atoms with Crippen molar-refractivity contribution in [2.45, 2.75) is 45.5 Å². The number of alkyl halides is 3. The number of aryl methyl sites for hydroxylation is 1. The van der Waals surface area contributed by atoms with Gasteiger partial charge >= 0.3 is 6.18 Å². The highest BCUT2D eigenvalue weighted by Crippen LogP contribution is 2.41. The normalized spacial score (nSPS) is 20.5. The molecule has 1 aliphatic heterocycles. The molecule has 1 heterocycles. The minimum Gasteiger partial charge on any atom is -0.484 e. The van der Waals surface area contributed by atoms with Gasteiger partial charge in [0.25, 0.3) is 11.6 Å². The molecule has 1 unspecified atom stereocenters. The summed E-state index contributed by atoms with van der Waals surface area (Å²) in [7, 11) is 0.